The van der Waals surface area contributed by atoms with Crippen LogP contribution in [-0.2, 0) is 6.61 Å². The van der Waals surface area contributed by atoms with E-state index >= 15 is 0 Å². The van der Waals surface area contributed by atoms with Gasteiger partial charge >= 0.3 is 5.91 Å². The number of amides is 1. The minimum absolute atomic E-state index is 0.00208. The van der Waals surface area contributed by atoms with Crippen LogP contribution in [0.25, 0.3) is 21.7 Å². The molecule has 0 fully saturated rings. The summed E-state index contributed by atoms with van der Waals surface area (Å²) < 4.78 is 17.1. The molecular formula is C28H21N3O6. The molecule has 1 aromatic heterocycles. The van der Waals surface area contributed by atoms with Crippen molar-refractivity contribution in [2.24, 2.45) is 5.10 Å². The first-order valence-corrected chi connectivity index (χ1v) is 11.3. The van der Waals surface area contributed by atoms with Crippen LogP contribution in [0.15, 0.2) is 94.4 Å². The molecule has 0 spiro atoms. The smallest absolute Gasteiger partial charge is 0.307 e. The molecule has 5 rings (SSSR count). The van der Waals surface area contributed by atoms with Crippen molar-refractivity contribution in [1.82, 2.24) is 5.43 Å². The van der Waals surface area contributed by atoms with Crippen LogP contribution in [0.4, 0.5) is 5.69 Å². The number of nitrogens with zero attached hydrogens (tertiary/aromatic N) is 2. The molecule has 4 aromatic carbocycles. The van der Waals surface area contributed by atoms with E-state index in [9.17, 15) is 14.9 Å². The van der Waals surface area contributed by atoms with E-state index in [-0.39, 0.29) is 18.1 Å². The number of nitro benzene ring substituents is 1. The maximum absolute atomic E-state index is 12.7. The molecule has 0 saturated carbocycles. The van der Waals surface area contributed by atoms with E-state index in [0.717, 1.165) is 21.7 Å². The van der Waals surface area contributed by atoms with E-state index in [1.165, 1.54) is 25.5 Å². The Morgan fingerprint density at radius 3 is 2.62 bits per heavy atom. The summed E-state index contributed by atoms with van der Waals surface area (Å²) in [5, 5.41) is 17.8. The zero-order valence-corrected chi connectivity index (χ0v) is 19.7. The van der Waals surface area contributed by atoms with Gasteiger partial charge in [-0.1, -0.05) is 36.4 Å². The summed E-state index contributed by atoms with van der Waals surface area (Å²) in [6, 6.07) is 24.7. The number of benzene rings is 4. The van der Waals surface area contributed by atoms with Crippen molar-refractivity contribution in [3.8, 4) is 11.5 Å². The van der Waals surface area contributed by atoms with E-state index < -0.39 is 10.8 Å². The number of para-hydroxylation sites is 1. The molecule has 9 heteroatoms. The predicted molar refractivity (Wildman–Crippen MR) is 139 cm³/mol. The first-order chi connectivity index (χ1) is 18.0. The van der Waals surface area contributed by atoms with E-state index in [1.54, 1.807) is 36.4 Å². The summed E-state index contributed by atoms with van der Waals surface area (Å²) in [5.74, 6) is 0.537. The third kappa shape index (κ3) is 4.96. The van der Waals surface area contributed by atoms with Crippen LogP contribution >= 0.6 is 0 Å². The quantitative estimate of drug-likeness (QED) is 0.164. The van der Waals surface area contributed by atoms with Crippen molar-refractivity contribution in [2.75, 3.05) is 7.11 Å². The molecule has 0 radical (unpaired) electrons. The zero-order valence-electron chi connectivity index (χ0n) is 19.7. The minimum atomic E-state index is -0.493. The Bertz CT molecular complexity index is 1640. The molecule has 0 saturated heterocycles. The van der Waals surface area contributed by atoms with Gasteiger partial charge in [0.15, 0.2) is 17.3 Å². The largest absolute Gasteiger partial charge is 0.493 e. The lowest BCUT2D eigenvalue weighted by Gasteiger charge is -2.13. The molecule has 1 amide bonds. The lowest BCUT2D eigenvalue weighted by molar-refractivity contribution is -0.384. The van der Waals surface area contributed by atoms with Gasteiger partial charge in [0, 0.05) is 23.1 Å². The van der Waals surface area contributed by atoms with Crippen LogP contribution in [-0.4, -0.2) is 24.2 Å². The molecule has 1 heterocycles. The van der Waals surface area contributed by atoms with E-state index in [4.69, 9.17) is 13.9 Å². The van der Waals surface area contributed by atoms with Gasteiger partial charge in [-0.2, -0.15) is 5.10 Å². The molecule has 5 aromatic rings. The number of hydrogen-bond donors (Lipinski definition) is 1. The molecule has 0 atom stereocenters. The van der Waals surface area contributed by atoms with E-state index in [2.05, 4.69) is 10.5 Å². The van der Waals surface area contributed by atoms with Gasteiger partial charge in [0.2, 0.25) is 0 Å². The number of ether oxygens (including phenoxy) is 2. The molecule has 0 unspecified atom stereocenters. The van der Waals surface area contributed by atoms with E-state index in [0.29, 0.717) is 22.6 Å². The molecule has 1 N–H and O–H groups in total. The summed E-state index contributed by atoms with van der Waals surface area (Å²) in [4.78, 5) is 23.1. The maximum Gasteiger partial charge on any atom is 0.307 e. The van der Waals surface area contributed by atoms with Crippen LogP contribution in [0.5, 0.6) is 11.5 Å². The molecule has 0 aliphatic rings. The van der Waals surface area contributed by atoms with Gasteiger partial charge in [-0.3, -0.25) is 14.9 Å². The number of fused-ring (bicyclic) bond motifs is 3. The normalized spacial score (nSPS) is 11.2. The number of rotatable bonds is 8. The van der Waals surface area contributed by atoms with Crippen LogP contribution in [0.3, 0.4) is 0 Å². The Balaban J connectivity index is 1.32. The highest BCUT2D eigenvalue weighted by atomic mass is 16.6. The monoisotopic (exact) mass is 495 g/mol. The average molecular weight is 495 g/mol. The van der Waals surface area contributed by atoms with Gasteiger partial charge in [-0.15, -0.1) is 0 Å². The molecule has 0 aliphatic heterocycles. The summed E-state index contributed by atoms with van der Waals surface area (Å²) in [6.07, 6.45) is 1.45. The Morgan fingerprint density at radius 2 is 1.84 bits per heavy atom. The van der Waals surface area contributed by atoms with Gasteiger partial charge in [-0.05, 0) is 52.7 Å². The number of carbonyl (C=O) groups is 1. The Labute approximate surface area is 211 Å². The second-order valence-corrected chi connectivity index (χ2v) is 8.10. The molecule has 0 bridgehead atoms. The molecule has 184 valence electrons. The van der Waals surface area contributed by atoms with Gasteiger partial charge in [0.1, 0.15) is 12.2 Å². The van der Waals surface area contributed by atoms with Crippen LogP contribution in [0.1, 0.15) is 21.7 Å². The first kappa shape index (κ1) is 23.6. The highest BCUT2D eigenvalue weighted by Gasteiger charge is 2.14. The highest BCUT2D eigenvalue weighted by Crippen LogP contribution is 2.31. The van der Waals surface area contributed by atoms with Crippen molar-refractivity contribution in [3.63, 3.8) is 0 Å². The van der Waals surface area contributed by atoms with Crippen LogP contribution < -0.4 is 14.9 Å². The highest BCUT2D eigenvalue weighted by molar-refractivity contribution is 6.08. The fourth-order valence-corrected chi connectivity index (χ4v) is 3.94. The number of hydrazone groups is 1. The van der Waals surface area contributed by atoms with Crippen molar-refractivity contribution < 1.29 is 23.6 Å². The van der Waals surface area contributed by atoms with E-state index in [1.807, 2.05) is 36.4 Å². The van der Waals surface area contributed by atoms with Crippen molar-refractivity contribution in [1.29, 1.82) is 0 Å². The number of carbonyl (C=O) groups excluding carboxylic acids is 1. The van der Waals surface area contributed by atoms with Gasteiger partial charge in [-0.25, -0.2) is 5.43 Å². The third-order valence-corrected chi connectivity index (χ3v) is 5.78. The first-order valence-electron chi connectivity index (χ1n) is 11.3. The number of nitrogens with one attached hydrogen (secondary N) is 1. The fraction of sp³-hybridized carbons (Fsp3) is 0.0714. The summed E-state index contributed by atoms with van der Waals surface area (Å²) in [7, 11) is 1.52. The topological polar surface area (TPSA) is 116 Å². The number of furan rings is 1. The minimum Gasteiger partial charge on any atom is -0.493 e. The third-order valence-electron chi connectivity index (χ3n) is 5.78. The van der Waals surface area contributed by atoms with Crippen LogP contribution in [0.2, 0.25) is 0 Å². The van der Waals surface area contributed by atoms with Crippen molar-refractivity contribution in [3.05, 3.63) is 112 Å². The zero-order chi connectivity index (χ0) is 25.8. The molecular weight excluding hydrogens is 474 g/mol. The maximum atomic E-state index is 12.7. The Kier molecular flexibility index (Phi) is 6.50. The van der Waals surface area contributed by atoms with Crippen LogP contribution in [0, 0.1) is 10.1 Å². The number of hydrogen-bond acceptors (Lipinski definition) is 7. The van der Waals surface area contributed by atoms with Gasteiger partial charge in [0.05, 0.1) is 18.2 Å². The predicted octanol–water partition coefficient (Wildman–Crippen LogP) is 5.85. The lowest BCUT2D eigenvalue weighted by Crippen LogP contribution is -2.16. The summed E-state index contributed by atoms with van der Waals surface area (Å²) >= 11 is 0. The Hall–Kier alpha value is -5.18. The standard InChI is InChI=1S/C28H21N3O6/c1-35-25-8-4-6-20(27(25)36-17-18-9-12-21(13-10-18)31(33)34)16-29-30-28(32)26-15-23-22-7-3-2-5-19(22)11-14-24(23)37-26/h2-16H,17H2,1H3,(H,30,32)/b29-16+. The number of nitro groups is 1. The Morgan fingerprint density at radius 1 is 1.03 bits per heavy atom. The summed E-state index contributed by atoms with van der Waals surface area (Å²) in [6.45, 7) is 0.151. The van der Waals surface area contributed by atoms with Crippen molar-refractivity contribution >= 4 is 39.6 Å². The van der Waals surface area contributed by atoms with Gasteiger partial charge in [0.25, 0.3) is 5.69 Å². The molecule has 0 aliphatic carbocycles. The second kappa shape index (κ2) is 10.2. The SMILES string of the molecule is COc1cccc(/C=N/NC(=O)c2cc3c(ccc4ccccc43)o2)c1OCc1ccc([N+](=O)[O-])cc1. The average Bonchev–Trinajstić information content (AvgIpc) is 3.37. The summed E-state index contributed by atoms with van der Waals surface area (Å²) in [5.41, 5.74) is 4.41. The van der Waals surface area contributed by atoms with Crippen molar-refractivity contribution in [2.45, 2.75) is 6.61 Å². The fourth-order valence-electron chi connectivity index (χ4n) is 3.94. The molecule has 9 nitrogen and oxygen atoms in total. The second-order valence-electron chi connectivity index (χ2n) is 8.10. The number of non-ortho nitro benzene ring substituents is 1. The lowest BCUT2D eigenvalue weighted by atomic mass is 10.1. The van der Waals surface area contributed by atoms with Gasteiger partial charge < -0.3 is 13.9 Å². The molecule has 37 heavy (non-hydrogen) atoms. The number of methoxy groups -OCH3 is 1.